The molecule has 1 atom stereocenters. The van der Waals surface area contributed by atoms with Gasteiger partial charge in [0.15, 0.2) is 0 Å². The number of halogens is 1. The van der Waals surface area contributed by atoms with E-state index in [-0.39, 0.29) is 0 Å². The highest BCUT2D eigenvalue weighted by molar-refractivity contribution is 7.99. The number of likely N-dealkylation sites (N-methyl/N-ethyl adjacent to an activating group) is 1. The first-order valence-corrected chi connectivity index (χ1v) is 8.62. The van der Waals surface area contributed by atoms with E-state index < -0.39 is 0 Å². The largest absolute Gasteiger partial charge is 0.317 e. The van der Waals surface area contributed by atoms with Crippen LogP contribution in [0.25, 0.3) is 0 Å². The topological polar surface area (TPSA) is 12.0 Å². The van der Waals surface area contributed by atoms with Crippen LogP contribution in [-0.2, 0) is 6.42 Å². The summed E-state index contributed by atoms with van der Waals surface area (Å²) in [6.07, 6.45) is 5.23. The van der Waals surface area contributed by atoms with E-state index in [1.807, 2.05) is 6.07 Å². The molecule has 17 heavy (non-hydrogen) atoms. The minimum Gasteiger partial charge on any atom is -0.317 e. The van der Waals surface area contributed by atoms with E-state index in [1.165, 1.54) is 35.6 Å². The van der Waals surface area contributed by atoms with E-state index in [0.29, 0.717) is 6.04 Å². The van der Waals surface area contributed by atoms with Gasteiger partial charge in [0.25, 0.3) is 0 Å². The van der Waals surface area contributed by atoms with Crippen molar-refractivity contribution in [2.24, 2.45) is 5.92 Å². The van der Waals surface area contributed by atoms with Gasteiger partial charge in [-0.25, -0.2) is 0 Å². The van der Waals surface area contributed by atoms with E-state index in [4.69, 9.17) is 11.6 Å². The number of hydrogen-bond acceptors (Lipinski definition) is 3. The third-order valence-corrected chi connectivity index (χ3v) is 5.75. The van der Waals surface area contributed by atoms with Gasteiger partial charge in [-0.2, -0.15) is 11.8 Å². The zero-order valence-corrected chi connectivity index (χ0v) is 12.6. The predicted octanol–water partition coefficient (Wildman–Crippen LogP) is 4.07. The second kappa shape index (κ2) is 7.03. The van der Waals surface area contributed by atoms with Crippen LogP contribution in [0.1, 0.15) is 24.1 Å². The molecule has 0 amide bonds. The van der Waals surface area contributed by atoms with Gasteiger partial charge in [-0.1, -0.05) is 11.6 Å². The molecule has 0 saturated carbocycles. The van der Waals surface area contributed by atoms with Crippen LogP contribution < -0.4 is 5.32 Å². The first-order valence-electron chi connectivity index (χ1n) is 6.27. The third-order valence-electron chi connectivity index (χ3n) is 3.44. The lowest BCUT2D eigenvalue weighted by molar-refractivity contribution is 0.377. The zero-order chi connectivity index (χ0) is 12.1. The van der Waals surface area contributed by atoms with Gasteiger partial charge >= 0.3 is 0 Å². The number of hydrogen-bond donors (Lipinski definition) is 1. The summed E-state index contributed by atoms with van der Waals surface area (Å²) in [5, 5.41) is 3.46. The average molecular weight is 290 g/mol. The maximum atomic E-state index is 5.97. The maximum Gasteiger partial charge on any atom is 0.0931 e. The Morgan fingerprint density at radius 2 is 2.18 bits per heavy atom. The summed E-state index contributed by atoms with van der Waals surface area (Å²) in [6, 6.07) is 4.78. The minimum absolute atomic E-state index is 0.609. The summed E-state index contributed by atoms with van der Waals surface area (Å²) in [4.78, 5) is 1.40. The van der Waals surface area contributed by atoms with Crippen LogP contribution in [-0.4, -0.2) is 24.6 Å². The van der Waals surface area contributed by atoms with Crippen molar-refractivity contribution >= 4 is 34.7 Å². The highest BCUT2D eigenvalue weighted by atomic mass is 35.5. The Morgan fingerprint density at radius 1 is 1.41 bits per heavy atom. The summed E-state index contributed by atoms with van der Waals surface area (Å²) in [5.74, 6) is 3.63. The molecule has 0 aliphatic carbocycles. The molecule has 1 aliphatic rings. The summed E-state index contributed by atoms with van der Waals surface area (Å²) >= 11 is 9.79. The number of nitrogens with one attached hydrogen (secondary N) is 1. The number of thiophene rings is 1. The molecular formula is C13H20ClNS2. The Kier molecular flexibility index (Phi) is 5.67. The summed E-state index contributed by atoms with van der Waals surface area (Å²) in [6.45, 7) is 0. The molecule has 2 rings (SSSR count). The van der Waals surface area contributed by atoms with Crippen molar-refractivity contribution in [3.05, 3.63) is 21.3 Å². The number of rotatable bonds is 5. The van der Waals surface area contributed by atoms with E-state index in [0.717, 1.165) is 16.7 Å². The fourth-order valence-corrected chi connectivity index (χ4v) is 4.76. The smallest absolute Gasteiger partial charge is 0.0931 e. The highest BCUT2D eigenvalue weighted by Crippen LogP contribution is 2.28. The van der Waals surface area contributed by atoms with Gasteiger partial charge in [0, 0.05) is 10.9 Å². The van der Waals surface area contributed by atoms with Crippen LogP contribution in [0, 0.1) is 5.92 Å². The van der Waals surface area contributed by atoms with Crippen LogP contribution in [0.3, 0.4) is 0 Å². The third kappa shape index (κ3) is 4.47. The van der Waals surface area contributed by atoms with Crippen LogP contribution in [0.4, 0.5) is 0 Å². The highest BCUT2D eigenvalue weighted by Gasteiger charge is 2.18. The molecule has 1 saturated heterocycles. The Morgan fingerprint density at radius 3 is 2.76 bits per heavy atom. The van der Waals surface area contributed by atoms with Crippen molar-refractivity contribution in [1.82, 2.24) is 5.32 Å². The van der Waals surface area contributed by atoms with Crippen LogP contribution >= 0.6 is 34.7 Å². The Bertz CT molecular complexity index is 334. The minimum atomic E-state index is 0.609. The fourth-order valence-electron chi connectivity index (χ4n) is 2.39. The second-order valence-electron chi connectivity index (χ2n) is 4.69. The predicted molar refractivity (Wildman–Crippen MR) is 80.5 cm³/mol. The molecule has 1 fully saturated rings. The van der Waals surface area contributed by atoms with Gasteiger partial charge in [-0.3, -0.25) is 0 Å². The normalized spacial score (nSPS) is 19.4. The van der Waals surface area contributed by atoms with Crippen LogP contribution in [0.15, 0.2) is 12.1 Å². The molecule has 96 valence electrons. The molecule has 0 spiro atoms. The molecule has 1 unspecified atom stereocenters. The van der Waals surface area contributed by atoms with Crippen LogP contribution in [0.5, 0.6) is 0 Å². The molecular weight excluding hydrogens is 270 g/mol. The Balaban J connectivity index is 1.83. The van der Waals surface area contributed by atoms with E-state index in [1.54, 1.807) is 11.3 Å². The molecule has 4 heteroatoms. The number of thioether (sulfide) groups is 1. The lowest BCUT2D eigenvalue weighted by Crippen LogP contribution is -2.30. The summed E-state index contributed by atoms with van der Waals surface area (Å²) < 4.78 is 0.906. The van der Waals surface area contributed by atoms with E-state index in [2.05, 4.69) is 30.2 Å². The SMILES string of the molecule is CNC(Cc1ccc(Cl)s1)CC1CCSCC1. The standard InChI is InChI=1S/C13H20ClNS2/c1-15-11(8-10-4-6-16-7-5-10)9-12-2-3-13(14)17-12/h2-3,10-11,15H,4-9H2,1H3. The average Bonchev–Trinajstić information content (AvgIpc) is 2.75. The van der Waals surface area contributed by atoms with Crippen LogP contribution in [0.2, 0.25) is 4.34 Å². The van der Waals surface area contributed by atoms with Crippen molar-refractivity contribution in [1.29, 1.82) is 0 Å². The monoisotopic (exact) mass is 289 g/mol. The molecule has 0 aromatic carbocycles. The van der Waals surface area contributed by atoms with Gasteiger partial charge in [-0.15, -0.1) is 11.3 Å². The lowest BCUT2D eigenvalue weighted by atomic mass is 9.92. The van der Waals surface area contributed by atoms with Crippen molar-refractivity contribution in [2.75, 3.05) is 18.6 Å². The molecule has 1 aromatic rings. The van der Waals surface area contributed by atoms with Gasteiger partial charge in [0.2, 0.25) is 0 Å². The first kappa shape index (κ1) is 13.7. The van der Waals surface area contributed by atoms with Gasteiger partial charge in [0.1, 0.15) is 0 Å². The van der Waals surface area contributed by atoms with E-state index >= 15 is 0 Å². The molecule has 2 heterocycles. The summed E-state index contributed by atoms with van der Waals surface area (Å²) in [5.41, 5.74) is 0. The van der Waals surface area contributed by atoms with Gasteiger partial charge in [-0.05, 0) is 62.3 Å². The molecule has 1 N–H and O–H groups in total. The fraction of sp³-hybridized carbons (Fsp3) is 0.692. The Hall–Kier alpha value is 0.300. The quantitative estimate of drug-likeness (QED) is 0.877. The molecule has 0 radical (unpaired) electrons. The zero-order valence-electron chi connectivity index (χ0n) is 10.2. The molecule has 1 aromatic heterocycles. The van der Waals surface area contributed by atoms with Crippen molar-refractivity contribution < 1.29 is 0 Å². The molecule has 1 aliphatic heterocycles. The molecule has 0 bridgehead atoms. The van der Waals surface area contributed by atoms with Gasteiger partial charge in [0.05, 0.1) is 4.34 Å². The second-order valence-corrected chi connectivity index (χ2v) is 7.71. The first-order chi connectivity index (χ1) is 8.28. The van der Waals surface area contributed by atoms with Crippen molar-refractivity contribution in [2.45, 2.75) is 31.7 Å². The lowest BCUT2D eigenvalue weighted by Gasteiger charge is -2.26. The Labute approximate surface area is 117 Å². The van der Waals surface area contributed by atoms with Crippen molar-refractivity contribution in [3.63, 3.8) is 0 Å². The maximum absolute atomic E-state index is 5.97. The molecule has 1 nitrogen and oxygen atoms in total. The summed E-state index contributed by atoms with van der Waals surface area (Å²) in [7, 11) is 2.08. The van der Waals surface area contributed by atoms with E-state index in [9.17, 15) is 0 Å². The van der Waals surface area contributed by atoms with Gasteiger partial charge < -0.3 is 5.32 Å². The van der Waals surface area contributed by atoms with Crippen molar-refractivity contribution in [3.8, 4) is 0 Å².